The Morgan fingerprint density at radius 1 is 1.54 bits per heavy atom. The SMILES string of the molecule is FCCCNc1nc(Cl)ncc1F. The monoisotopic (exact) mass is 207 g/mol. The summed E-state index contributed by atoms with van der Waals surface area (Å²) in [5.41, 5.74) is 0. The zero-order valence-electron chi connectivity index (χ0n) is 6.73. The van der Waals surface area contributed by atoms with Crippen molar-refractivity contribution in [2.24, 2.45) is 0 Å². The van der Waals surface area contributed by atoms with Gasteiger partial charge in [-0.3, -0.25) is 4.39 Å². The van der Waals surface area contributed by atoms with Gasteiger partial charge in [0, 0.05) is 6.54 Å². The molecule has 0 spiro atoms. The number of hydrogen-bond acceptors (Lipinski definition) is 3. The molecule has 0 fully saturated rings. The standard InChI is InChI=1S/C7H8ClF2N3/c8-7-12-4-5(10)6(13-7)11-3-1-2-9/h4H,1-3H2,(H,11,12,13). The molecular formula is C7H8ClF2N3. The van der Waals surface area contributed by atoms with E-state index in [4.69, 9.17) is 11.6 Å². The summed E-state index contributed by atoms with van der Waals surface area (Å²) in [5.74, 6) is -0.586. The van der Waals surface area contributed by atoms with Crippen molar-refractivity contribution in [2.45, 2.75) is 6.42 Å². The van der Waals surface area contributed by atoms with E-state index in [1.807, 2.05) is 0 Å². The molecule has 0 radical (unpaired) electrons. The van der Waals surface area contributed by atoms with Gasteiger partial charge in [-0.25, -0.2) is 9.37 Å². The third-order valence-electron chi connectivity index (χ3n) is 1.32. The Bertz CT molecular complexity index is 282. The van der Waals surface area contributed by atoms with E-state index in [9.17, 15) is 8.78 Å². The third-order valence-corrected chi connectivity index (χ3v) is 1.50. The summed E-state index contributed by atoms with van der Waals surface area (Å²) in [6, 6.07) is 0. The molecule has 0 saturated carbocycles. The smallest absolute Gasteiger partial charge is 0.224 e. The lowest BCUT2D eigenvalue weighted by Gasteiger charge is -2.04. The third kappa shape index (κ3) is 3.10. The topological polar surface area (TPSA) is 37.8 Å². The Kier molecular flexibility index (Phi) is 3.82. The molecule has 1 heterocycles. The highest BCUT2D eigenvalue weighted by molar-refractivity contribution is 6.28. The van der Waals surface area contributed by atoms with Gasteiger partial charge in [-0.05, 0) is 18.0 Å². The molecule has 1 N–H and O–H groups in total. The normalized spacial score (nSPS) is 10.1. The minimum absolute atomic E-state index is 0.00782. The largest absolute Gasteiger partial charge is 0.367 e. The van der Waals surface area contributed by atoms with Crippen LogP contribution in [0.1, 0.15) is 6.42 Å². The van der Waals surface area contributed by atoms with Crippen LogP contribution in [0, 0.1) is 5.82 Å². The fraction of sp³-hybridized carbons (Fsp3) is 0.429. The number of hydrogen-bond donors (Lipinski definition) is 1. The molecule has 0 aliphatic rings. The second-order valence-electron chi connectivity index (χ2n) is 2.30. The fourth-order valence-electron chi connectivity index (χ4n) is 0.743. The maximum atomic E-state index is 12.9. The lowest BCUT2D eigenvalue weighted by atomic mass is 10.4. The average molecular weight is 208 g/mol. The Balaban J connectivity index is 2.59. The van der Waals surface area contributed by atoms with Gasteiger partial charge >= 0.3 is 0 Å². The molecule has 13 heavy (non-hydrogen) atoms. The lowest BCUT2D eigenvalue weighted by Crippen LogP contribution is -2.06. The first-order valence-electron chi connectivity index (χ1n) is 3.72. The van der Waals surface area contributed by atoms with E-state index >= 15 is 0 Å². The van der Waals surface area contributed by atoms with Gasteiger partial charge in [0.2, 0.25) is 5.28 Å². The predicted octanol–water partition coefficient (Wildman–Crippen LogP) is 2.04. The fourth-order valence-corrected chi connectivity index (χ4v) is 0.876. The van der Waals surface area contributed by atoms with Crippen molar-refractivity contribution in [3.8, 4) is 0 Å². The van der Waals surface area contributed by atoms with Crippen LogP contribution < -0.4 is 5.32 Å². The van der Waals surface area contributed by atoms with Crippen molar-refractivity contribution in [3.05, 3.63) is 17.3 Å². The second-order valence-corrected chi connectivity index (χ2v) is 2.64. The molecule has 0 unspecified atom stereocenters. The number of nitrogens with zero attached hydrogens (tertiary/aromatic N) is 2. The van der Waals surface area contributed by atoms with Crippen molar-refractivity contribution >= 4 is 17.4 Å². The highest BCUT2D eigenvalue weighted by Gasteiger charge is 2.03. The van der Waals surface area contributed by atoms with Crippen molar-refractivity contribution < 1.29 is 8.78 Å². The Labute approximate surface area is 79.1 Å². The molecule has 1 rings (SSSR count). The summed E-state index contributed by atoms with van der Waals surface area (Å²) in [7, 11) is 0. The van der Waals surface area contributed by atoms with E-state index in [1.165, 1.54) is 0 Å². The Morgan fingerprint density at radius 3 is 3.00 bits per heavy atom. The number of rotatable bonds is 4. The number of alkyl halides is 1. The highest BCUT2D eigenvalue weighted by atomic mass is 35.5. The zero-order valence-corrected chi connectivity index (χ0v) is 7.48. The Morgan fingerprint density at radius 2 is 2.31 bits per heavy atom. The van der Waals surface area contributed by atoms with Crippen LogP contribution in [0.15, 0.2) is 6.20 Å². The maximum absolute atomic E-state index is 12.9. The van der Waals surface area contributed by atoms with Gasteiger partial charge in [-0.1, -0.05) is 0 Å². The van der Waals surface area contributed by atoms with E-state index in [0.717, 1.165) is 6.20 Å². The second kappa shape index (κ2) is 4.91. The van der Waals surface area contributed by atoms with Crippen molar-refractivity contribution in [1.29, 1.82) is 0 Å². The lowest BCUT2D eigenvalue weighted by molar-refractivity contribution is 0.480. The van der Waals surface area contributed by atoms with Crippen LogP contribution in [-0.4, -0.2) is 23.2 Å². The van der Waals surface area contributed by atoms with E-state index in [0.29, 0.717) is 13.0 Å². The molecule has 0 atom stereocenters. The molecular weight excluding hydrogens is 200 g/mol. The number of anilines is 1. The molecule has 0 amide bonds. The zero-order chi connectivity index (χ0) is 9.68. The first-order chi connectivity index (χ1) is 6.24. The number of nitrogens with one attached hydrogen (secondary N) is 1. The van der Waals surface area contributed by atoms with E-state index in [2.05, 4.69) is 15.3 Å². The number of aromatic nitrogens is 2. The quantitative estimate of drug-likeness (QED) is 0.607. The summed E-state index contributed by atoms with van der Waals surface area (Å²) in [5, 5.41) is 2.57. The van der Waals surface area contributed by atoms with E-state index in [1.54, 1.807) is 0 Å². The number of halogens is 3. The molecule has 0 bridgehead atoms. The molecule has 0 aliphatic heterocycles. The van der Waals surface area contributed by atoms with Crippen LogP contribution in [0.3, 0.4) is 0 Å². The molecule has 1 aromatic heterocycles. The van der Waals surface area contributed by atoms with Crippen LogP contribution in [0.5, 0.6) is 0 Å². The molecule has 3 nitrogen and oxygen atoms in total. The van der Waals surface area contributed by atoms with Crippen molar-refractivity contribution in [1.82, 2.24) is 9.97 Å². The van der Waals surface area contributed by atoms with Gasteiger partial charge in [0.15, 0.2) is 11.6 Å². The van der Waals surface area contributed by atoms with Crippen molar-refractivity contribution in [2.75, 3.05) is 18.5 Å². The van der Waals surface area contributed by atoms with Crippen LogP contribution in [0.25, 0.3) is 0 Å². The van der Waals surface area contributed by atoms with Gasteiger partial charge < -0.3 is 5.32 Å². The molecule has 1 aromatic rings. The molecule has 0 saturated heterocycles. The first-order valence-corrected chi connectivity index (χ1v) is 4.09. The van der Waals surface area contributed by atoms with Crippen LogP contribution in [-0.2, 0) is 0 Å². The molecule has 72 valence electrons. The average Bonchev–Trinajstić information content (AvgIpc) is 2.11. The molecule has 0 aliphatic carbocycles. The summed E-state index contributed by atoms with van der Waals surface area (Å²) >= 11 is 5.43. The predicted molar refractivity (Wildman–Crippen MR) is 46.1 cm³/mol. The van der Waals surface area contributed by atoms with Crippen molar-refractivity contribution in [3.63, 3.8) is 0 Å². The minimum Gasteiger partial charge on any atom is -0.367 e. The Hall–Kier alpha value is -0.970. The van der Waals surface area contributed by atoms with Crippen LogP contribution in [0.2, 0.25) is 5.28 Å². The van der Waals surface area contributed by atoms with E-state index < -0.39 is 12.5 Å². The first kappa shape index (κ1) is 10.1. The van der Waals surface area contributed by atoms with Gasteiger partial charge in [-0.2, -0.15) is 4.98 Å². The van der Waals surface area contributed by atoms with Gasteiger partial charge in [-0.15, -0.1) is 0 Å². The van der Waals surface area contributed by atoms with E-state index in [-0.39, 0.29) is 11.1 Å². The highest BCUT2D eigenvalue weighted by Crippen LogP contribution is 2.11. The van der Waals surface area contributed by atoms with Crippen LogP contribution >= 0.6 is 11.6 Å². The van der Waals surface area contributed by atoms with Crippen LogP contribution in [0.4, 0.5) is 14.6 Å². The van der Waals surface area contributed by atoms with Gasteiger partial charge in [0.25, 0.3) is 0 Å². The van der Waals surface area contributed by atoms with Gasteiger partial charge in [0.05, 0.1) is 12.9 Å². The summed E-state index contributed by atoms with van der Waals surface area (Å²) < 4.78 is 24.5. The summed E-state index contributed by atoms with van der Waals surface area (Å²) in [6.07, 6.45) is 1.27. The van der Waals surface area contributed by atoms with Gasteiger partial charge in [0.1, 0.15) is 0 Å². The molecule has 0 aromatic carbocycles. The minimum atomic E-state index is -0.594. The molecule has 6 heteroatoms. The summed E-state index contributed by atoms with van der Waals surface area (Å²) in [4.78, 5) is 7.02. The maximum Gasteiger partial charge on any atom is 0.224 e. The summed E-state index contributed by atoms with van der Waals surface area (Å²) in [6.45, 7) is -0.131.